The van der Waals surface area contributed by atoms with Gasteiger partial charge in [-0.1, -0.05) is 0 Å². The highest BCUT2D eigenvalue weighted by Gasteiger charge is 2.61. The first kappa shape index (κ1) is 19.5. The largest absolute Gasteiger partial charge is 0.506 e. The van der Waals surface area contributed by atoms with Crippen molar-refractivity contribution in [3.8, 4) is 29.1 Å². The van der Waals surface area contributed by atoms with E-state index in [1.54, 1.807) is 6.07 Å². The monoisotopic (exact) mass is 424 g/mol. The summed E-state index contributed by atoms with van der Waals surface area (Å²) in [6.45, 7) is 0. The lowest BCUT2D eigenvalue weighted by molar-refractivity contribution is -0.385. The molecular weight excluding hydrogens is 404 g/mol. The molecule has 4 aliphatic rings. The van der Waals surface area contributed by atoms with Crippen molar-refractivity contribution in [3.05, 3.63) is 52.1 Å². The first-order chi connectivity index (χ1) is 14.8. The molecule has 0 unspecified atom stereocenters. The third kappa shape index (κ3) is 3.39. The number of hydrogen-bond acceptors (Lipinski definition) is 8. The lowest BCUT2D eigenvalue weighted by atomic mass is 9.62. The van der Waals surface area contributed by atoms with Crippen LogP contribution in [0, 0.1) is 21.4 Å². The highest BCUT2D eigenvalue weighted by Crippen LogP contribution is 2.55. The average Bonchev–Trinajstić information content (AvgIpc) is 2.66. The summed E-state index contributed by atoms with van der Waals surface area (Å²) in [5.74, 6) is 0.258. The number of nitrogens with zero attached hydrogens (tertiary/aromatic N) is 2. The standard InChI is InChI=1S/C22H20N2O7/c23-11-13-1-2-14(5-19(13)25)30-21-7-16-9-22(12-21,10-17(8-21)29-16)31-15-3-4-18(24(27)28)20(26)6-15/h1-6,16-17,25-26H,7-10,12H2/t16-,17+,21+,22-. The Bertz CT molecular complexity index is 1100. The fourth-order valence-corrected chi connectivity index (χ4v) is 5.44. The first-order valence-corrected chi connectivity index (χ1v) is 10.0. The second kappa shape index (κ2) is 6.75. The van der Waals surface area contributed by atoms with Gasteiger partial charge in [-0.05, 0) is 18.2 Å². The molecule has 0 spiro atoms. The van der Waals surface area contributed by atoms with Crippen LogP contribution < -0.4 is 9.47 Å². The maximum absolute atomic E-state index is 11.0. The van der Waals surface area contributed by atoms with Crippen LogP contribution in [0.3, 0.4) is 0 Å². The fourth-order valence-electron chi connectivity index (χ4n) is 5.44. The van der Waals surface area contributed by atoms with E-state index in [0.29, 0.717) is 43.6 Å². The summed E-state index contributed by atoms with van der Waals surface area (Å²) >= 11 is 0. The van der Waals surface area contributed by atoms with E-state index < -0.39 is 21.9 Å². The average molecular weight is 424 g/mol. The van der Waals surface area contributed by atoms with Gasteiger partial charge < -0.3 is 24.4 Å². The van der Waals surface area contributed by atoms with Gasteiger partial charge >= 0.3 is 5.69 Å². The molecule has 2 aromatic rings. The predicted molar refractivity (Wildman–Crippen MR) is 106 cm³/mol. The molecule has 0 amide bonds. The highest BCUT2D eigenvalue weighted by molar-refractivity contribution is 5.50. The van der Waals surface area contributed by atoms with Crippen LogP contribution in [0.5, 0.6) is 23.0 Å². The number of phenols is 2. The van der Waals surface area contributed by atoms with Gasteiger partial charge in [0.25, 0.3) is 0 Å². The molecular formula is C22H20N2O7. The van der Waals surface area contributed by atoms with Crippen LogP contribution in [0.4, 0.5) is 5.69 Å². The van der Waals surface area contributed by atoms with Crippen molar-refractivity contribution in [2.24, 2.45) is 0 Å². The molecule has 0 radical (unpaired) electrons. The van der Waals surface area contributed by atoms with Gasteiger partial charge in [-0.2, -0.15) is 5.26 Å². The molecule has 31 heavy (non-hydrogen) atoms. The number of hydrogen-bond donors (Lipinski definition) is 2. The van der Waals surface area contributed by atoms with Crippen LogP contribution in [0.2, 0.25) is 0 Å². The number of phenolic OH excluding ortho intramolecular Hbond substituents is 2. The van der Waals surface area contributed by atoms with Crippen LogP contribution >= 0.6 is 0 Å². The first-order valence-electron chi connectivity index (χ1n) is 10.0. The van der Waals surface area contributed by atoms with E-state index in [1.165, 1.54) is 30.3 Å². The molecule has 2 saturated heterocycles. The third-order valence-corrected chi connectivity index (χ3v) is 6.33. The second-order valence-corrected chi connectivity index (χ2v) is 8.64. The Kier molecular flexibility index (Phi) is 4.24. The Hall–Kier alpha value is -3.51. The molecule has 2 saturated carbocycles. The smallest absolute Gasteiger partial charge is 0.310 e. The maximum atomic E-state index is 11.0. The third-order valence-electron chi connectivity index (χ3n) is 6.33. The predicted octanol–water partition coefficient (Wildman–Crippen LogP) is 3.56. The minimum absolute atomic E-state index is 0.0557. The van der Waals surface area contributed by atoms with Crippen molar-refractivity contribution in [3.63, 3.8) is 0 Å². The van der Waals surface area contributed by atoms with Gasteiger partial charge in [0.05, 0.1) is 22.7 Å². The Morgan fingerprint density at radius 3 is 2.03 bits per heavy atom. The molecule has 0 aromatic heterocycles. The molecule has 4 bridgehead atoms. The highest BCUT2D eigenvalue weighted by atomic mass is 16.6. The Morgan fingerprint density at radius 1 is 1.00 bits per heavy atom. The van der Waals surface area contributed by atoms with Gasteiger partial charge in [0.15, 0.2) is 5.75 Å². The van der Waals surface area contributed by atoms with Crippen molar-refractivity contribution >= 4 is 5.69 Å². The zero-order chi connectivity index (χ0) is 21.8. The summed E-state index contributed by atoms with van der Waals surface area (Å²) in [5, 5.41) is 40.0. The lowest BCUT2D eigenvalue weighted by Crippen LogP contribution is -2.67. The molecule has 9 nitrogen and oxygen atoms in total. The van der Waals surface area contributed by atoms with Crippen LogP contribution in [0.1, 0.15) is 37.7 Å². The molecule has 2 aliphatic heterocycles. The van der Waals surface area contributed by atoms with Crippen LogP contribution in [0.15, 0.2) is 36.4 Å². The molecule has 2 heterocycles. The lowest BCUT2D eigenvalue weighted by Gasteiger charge is -2.60. The van der Waals surface area contributed by atoms with Gasteiger partial charge in [-0.25, -0.2) is 0 Å². The van der Waals surface area contributed by atoms with Crippen LogP contribution in [-0.2, 0) is 4.74 Å². The second-order valence-electron chi connectivity index (χ2n) is 8.64. The number of ether oxygens (including phenoxy) is 3. The van der Waals surface area contributed by atoms with Gasteiger partial charge in [0.2, 0.25) is 0 Å². The Labute approximate surface area is 177 Å². The Balaban J connectivity index is 1.41. The molecule has 2 aliphatic carbocycles. The maximum Gasteiger partial charge on any atom is 0.310 e. The molecule has 2 N–H and O–H groups in total. The SMILES string of the molecule is N#Cc1ccc(O[C@@]23C[C@@H]4C[C@@](Oc5ccc([N+](=O)[O-])c(O)c5)(C[C@H](C2)O4)C3)cc1O. The van der Waals surface area contributed by atoms with Crippen LogP contribution in [-0.4, -0.2) is 38.5 Å². The van der Waals surface area contributed by atoms with E-state index >= 15 is 0 Å². The summed E-state index contributed by atoms with van der Waals surface area (Å²) in [6.07, 6.45) is 3.15. The quantitative estimate of drug-likeness (QED) is 0.549. The minimum atomic E-state index is -0.645. The summed E-state index contributed by atoms with van der Waals surface area (Å²) in [5.41, 5.74) is -1.32. The van der Waals surface area contributed by atoms with Crippen molar-refractivity contribution in [1.29, 1.82) is 5.26 Å². The van der Waals surface area contributed by atoms with Gasteiger partial charge in [-0.3, -0.25) is 10.1 Å². The molecule has 9 heteroatoms. The van der Waals surface area contributed by atoms with E-state index in [0.717, 1.165) is 0 Å². The normalized spacial score (nSPS) is 30.5. The topological polar surface area (TPSA) is 135 Å². The molecule has 2 aromatic carbocycles. The van der Waals surface area contributed by atoms with Crippen molar-refractivity contribution < 1.29 is 29.3 Å². The van der Waals surface area contributed by atoms with E-state index in [4.69, 9.17) is 19.5 Å². The molecule has 4 fully saturated rings. The van der Waals surface area contributed by atoms with E-state index in [1.807, 2.05) is 6.07 Å². The summed E-state index contributed by atoms with van der Waals surface area (Å²) in [7, 11) is 0. The van der Waals surface area contributed by atoms with Gasteiger partial charge in [0.1, 0.15) is 34.5 Å². The molecule has 160 valence electrons. The number of rotatable bonds is 5. The van der Waals surface area contributed by atoms with Crippen molar-refractivity contribution in [2.45, 2.75) is 55.5 Å². The van der Waals surface area contributed by atoms with E-state index in [9.17, 15) is 20.3 Å². The number of nitro groups is 1. The zero-order valence-electron chi connectivity index (χ0n) is 16.5. The zero-order valence-corrected chi connectivity index (χ0v) is 16.5. The van der Waals surface area contributed by atoms with E-state index in [2.05, 4.69) is 0 Å². The number of aromatic hydroxyl groups is 2. The Morgan fingerprint density at radius 2 is 1.55 bits per heavy atom. The minimum Gasteiger partial charge on any atom is -0.506 e. The van der Waals surface area contributed by atoms with Crippen molar-refractivity contribution in [2.75, 3.05) is 0 Å². The van der Waals surface area contributed by atoms with Gasteiger partial charge in [0, 0.05) is 50.3 Å². The summed E-state index contributed by atoms with van der Waals surface area (Å²) in [6, 6.07) is 10.5. The number of nitriles is 1. The van der Waals surface area contributed by atoms with Crippen molar-refractivity contribution in [1.82, 2.24) is 0 Å². The van der Waals surface area contributed by atoms with Gasteiger partial charge in [-0.15, -0.1) is 0 Å². The summed E-state index contributed by atoms with van der Waals surface area (Å²) in [4.78, 5) is 10.3. The molecule has 4 atom stereocenters. The number of benzene rings is 2. The number of nitro benzene ring substituents is 1. The van der Waals surface area contributed by atoms with E-state index in [-0.39, 0.29) is 29.2 Å². The molecule has 6 rings (SSSR count). The summed E-state index contributed by atoms with van der Waals surface area (Å²) < 4.78 is 18.8. The fraction of sp³-hybridized carbons (Fsp3) is 0.409. The van der Waals surface area contributed by atoms with Crippen LogP contribution in [0.25, 0.3) is 0 Å².